The second-order valence-electron chi connectivity index (χ2n) is 4.99. The number of anilines is 1. The molecule has 3 aromatic rings. The largest absolute Gasteiger partial charge is 0.396 e. The fraction of sp³-hybridized carbons (Fsp3) is 0.111. The van der Waals surface area contributed by atoms with Crippen molar-refractivity contribution in [2.75, 3.05) is 12.0 Å². The van der Waals surface area contributed by atoms with Gasteiger partial charge in [-0.05, 0) is 17.5 Å². The smallest absolute Gasteiger partial charge is 0.203 e. The van der Waals surface area contributed by atoms with Crippen molar-refractivity contribution in [3.05, 3.63) is 71.1 Å². The number of hydrazone groups is 1. The summed E-state index contributed by atoms with van der Waals surface area (Å²) in [7, 11) is 0. The van der Waals surface area contributed by atoms with Crippen LogP contribution in [0.25, 0.3) is 11.3 Å². The van der Waals surface area contributed by atoms with Gasteiger partial charge in [-0.15, -0.1) is 11.3 Å². The molecule has 0 saturated carbocycles. The lowest BCUT2D eigenvalue weighted by atomic mass is 10.1. The minimum absolute atomic E-state index is 0.169. The molecule has 2 N–H and O–H groups in total. The lowest BCUT2D eigenvalue weighted by Crippen LogP contribution is -1.92. The monoisotopic (exact) mass is 323 g/mol. The second-order valence-corrected chi connectivity index (χ2v) is 5.85. The lowest BCUT2D eigenvalue weighted by molar-refractivity contribution is 0.299. The van der Waals surface area contributed by atoms with Gasteiger partial charge in [0.1, 0.15) is 0 Å². The Hall–Kier alpha value is -2.50. The van der Waals surface area contributed by atoms with Gasteiger partial charge in [0.2, 0.25) is 5.13 Å². The number of thiazole rings is 1. The number of hydrogen-bond acceptors (Lipinski definition) is 5. The van der Waals surface area contributed by atoms with Crippen molar-refractivity contribution >= 4 is 22.7 Å². The number of rotatable bonds is 6. The Kier molecular flexibility index (Phi) is 5.13. The summed E-state index contributed by atoms with van der Waals surface area (Å²) in [6.45, 7) is 0.169. The van der Waals surface area contributed by atoms with Crippen molar-refractivity contribution < 1.29 is 5.11 Å². The van der Waals surface area contributed by atoms with Crippen LogP contribution in [0, 0.1) is 0 Å². The van der Waals surface area contributed by atoms with Gasteiger partial charge in [0.15, 0.2) is 0 Å². The number of nitrogens with zero attached hydrogens (tertiary/aromatic N) is 2. The number of benzene rings is 2. The molecule has 5 heteroatoms. The third-order valence-electron chi connectivity index (χ3n) is 3.33. The van der Waals surface area contributed by atoms with Gasteiger partial charge in [-0.3, -0.25) is 5.43 Å². The molecule has 2 aromatic carbocycles. The van der Waals surface area contributed by atoms with Gasteiger partial charge in [0.25, 0.3) is 0 Å². The average molecular weight is 323 g/mol. The molecule has 0 saturated heterocycles. The highest BCUT2D eigenvalue weighted by Gasteiger charge is 2.02. The zero-order valence-electron chi connectivity index (χ0n) is 12.5. The molecule has 0 atom stereocenters. The number of nitrogens with one attached hydrogen (secondary N) is 1. The summed E-state index contributed by atoms with van der Waals surface area (Å²) < 4.78 is 0. The van der Waals surface area contributed by atoms with E-state index in [9.17, 15) is 0 Å². The maximum atomic E-state index is 8.90. The van der Waals surface area contributed by atoms with Crippen LogP contribution < -0.4 is 5.43 Å². The van der Waals surface area contributed by atoms with E-state index in [1.807, 2.05) is 60.0 Å². The highest BCUT2D eigenvalue weighted by atomic mass is 32.1. The number of aromatic nitrogens is 1. The Bertz CT molecular complexity index is 766. The minimum Gasteiger partial charge on any atom is -0.396 e. The molecule has 3 rings (SSSR count). The van der Waals surface area contributed by atoms with Gasteiger partial charge >= 0.3 is 0 Å². The molecule has 0 aliphatic rings. The summed E-state index contributed by atoms with van der Waals surface area (Å²) in [6.07, 6.45) is 2.43. The average Bonchev–Trinajstić information content (AvgIpc) is 3.06. The Morgan fingerprint density at radius 2 is 1.87 bits per heavy atom. The third-order valence-corrected chi connectivity index (χ3v) is 4.07. The molecule has 0 amide bonds. The molecule has 0 fully saturated rings. The second kappa shape index (κ2) is 7.67. The molecule has 0 spiro atoms. The fourth-order valence-corrected chi connectivity index (χ4v) is 2.80. The summed E-state index contributed by atoms with van der Waals surface area (Å²) in [5.74, 6) is 0. The first-order valence-corrected chi connectivity index (χ1v) is 8.23. The first kappa shape index (κ1) is 15.4. The van der Waals surface area contributed by atoms with E-state index in [1.165, 1.54) is 11.3 Å². The Morgan fingerprint density at radius 1 is 1.09 bits per heavy atom. The van der Waals surface area contributed by atoms with Crippen molar-refractivity contribution in [3.8, 4) is 11.3 Å². The van der Waals surface area contributed by atoms with E-state index < -0.39 is 0 Å². The standard InChI is InChI=1S/C18H17N3OS/c22-11-10-14-6-8-15(9-7-14)12-19-21-18-20-17(13-23-18)16-4-2-1-3-5-16/h1-9,12-13,22H,10-11H2,(H,20,21). The van der Waals surface area contributed by atoms with E-state index >= 15 is 0 Å². The minimum atomic E-state index is 0.169. The Labute approximate surface area is 139 Å². The van der Waals surface area contributed by atoms with Crippen molar-refractivity contribution in [1.29, 1.82) is 0 Å². The maximum Gasteiger partial charge on any atom is 0.203 e. The highest BCUT2D eigenvalue weighted by Crippen LogP contribution is 2.24. The van der Waals surface area contributed by atoms with Crippen LogP contribution in [0.1, 0.15) is 11.1 Å². The van der Waals surface area contributed by atoms with Gasteiger partial charge < -0.3 is 5.11 Å². The van der Waals surface area contributed by atoms with Gasteiger partial charge in [-0.1, -0.05) is 54.6 Å². The molecule has 0 unspecified atom stereocenters. The predicted octanol–water partition coefficient (Wildman–Crippen LogP) is 3.79. The Morgan fingerprint density at radius 3 is 2.61 bits per heavy atom. The summed E-state index contributed by atoms with van der Waals surface area (Å²) >= 11 is 1.52. The summed E-state index contributed by atoms with van der Waals surface area (Å²) in [6, 6.07) is 18.0. The Balaban J connectivity index is 1.61. The quantitative estimate of drug-likeness (QED) is 0.536. The SMILES string of the molecule is OCCc1ccc(C=NNc2nc(-c3ccccc3)cs2)cc1. The van der Waals surface area contributed by atoms with Gasteiger partial charge in [0.05, 0.1) is 11.9 Å². The molecule has 116 valence electrons. The normalized spacial score (nSPS) is 11.0. The van der Waals surface area contributed by atoms with Crippen LogP contribution in [0.2, 0.25) is 0 Å². The molecule has 1 aromatic heterocycles. The highest BCUT2D eigenvalue weighted by molar-refractivity contribution is 7.14. The van der Waals surface area contributed by atoms with Crippen LogP contribution in [0.5, 0.6) is 0 Å². The summed E-state index contributed by atoms with van der Waals surface area (Å²) in [4.78, 5) is 4.52. The number of aliphatic hydroxyl groups excluding tert-OH is 1. The van der Waals surface area contributed by atoms with Crippen LogP contribution in [0.15, 0.2) is 65.1 Å². The zero-order valence-corrected chi connectivity index (χ0v) is 13.3. The van der Waals surface area contributed by atoms with Crippen LogP contribution in [0.4, 0.5) is 5.13 Å². The van der Waals surface area contributed by atoms with E-state index in [4.69, 9.17) is 5.11 Å². The summed E-state index contributed by atoms with van der Waals surface area (Å²) in [5, 5.41) is 15.9. The van der Waals surface area contributed by atoms with E-state index in [2.05, 4.69) is 15.5 Å². The first-order valence-electron chi connectivity index (χ1n) is 7.35. The molecular formula is C18H17N3OS. The number of hydrogen-bond donors (Lipinski definition) is 2. The number of aliphatic hydroxyl groups is 1. The van der Waals surface area contributed by atoms with E-state index in [-0.39, 0.29) is 6.61 Å². The third kappa shape index (κ3) is 4.25. The maximum absolute atomic E-state index is 8.90. The van der Waals surface area contributed by atoms with E-state index in [0.717, 1.165) is 27.5 Å². The van der Waals surface area contributed by atoms with Crippen LogP contribution in [-0.4, -0.2) is 22.9 Å². The van der Waals surface area contributed by atoms with Gasteiger partial charge in [-0.2, -0.15) is 5.10 Å². The predicted molar refractivity (Wildman–Crippen MR) is 96.0 cm³/mol. The van der Waals surface area contributed by atoms with E-state index in [1.54, 1.807) is 6.21 Å². The van der Waals surface area contributed by atoms with Crippen molar-refractivity contribution in [3.63, 3.8) is 0 Å². The topological polar surface area (TPSA) is 57.5 Å². The molecule has 0 radical (unpaired) electrons. The van der Waals surface area contributed by atoms with Crippen LogP contribution >= 0.6 is 11.3 Å². The van der Waals surface area contributed by atoms with Crippen molar-refractivity contribution in [1.82, 2.24) is 4.98 Å². The molecule has 0 aliphatic heterocycles. The molecule has 4 nitrogen and oxygen atoms in total. The fourth-order valence-electron chi connectivity index (χ4n) is 2.13. The molecule has 1 heterocycles. The molecule has 0 bridgehead atoms. The van der Waals surface area contributed by atoms with Gasteiger partial charge in [-0.25, -0.2) is 4.98 Å². The molecule has 0 aliphatic carbocycles. The van der Waals surface area contributed by atoms with E-state index in [0.29, 0.717) is 6.42 Å². The van der Waals surface area contributed by atoms with Crippen molar-refractivity contribution in [2.24, 2.45) is 5.10 Å². The van der Waals surface area contributed by atoms with Crippen molar-refractivity contribution in [2.45, 2.75) is 6.42 Å². The van der Waals surface area contributed by atoms with Crippen LogP contribution in [0.3, 0.4) is 0 Å². The lowest BCUT2D eigenvalue weighted by Gasteiger charge is -1.99. The molecule has 23 heavy (non-hydrogen) atoms. The molecular weight excluding hydrogens is 306 g/mol. The summed E-state index contributed by atoms with van der Waals surface area (Å²) in [5.41, 5.74) is 7.12. The van der Waals surface area contributed by atoms with Gasteiger partial charge in [0, 0.05) is 17.6 Å². The zero-order chi connectivity index (χ0) is 15.9. The van der Waals surface area contributed by atoms with Crippen LogP contribution in [-0.2, 0) is 6.42 Å². The first-order chi connectivity index (χ1) is 11.3.